The molecule has 0 spiro atoms. The zero-order valence-corrected chi connectivity index (χ0v) is 19.6. The summed E-state index contributed by atoms with van der Waals surface area (Å²) in [4.78, 5) is 38.6. The van der Waals surface area contributed by atoms with Crippen molar-refractivity contribution in [1.82, 2.24) is 10.2 Å². The first-order chi connectivity index (χ1) is 15.9. The molecule has 2 aliphatic carbocycles. The van der Waals surface area contributed by atoms with E-state index in [1.807, 2.05) is 42.7 Å². The molecule has 4 rings (SSSR count). The summed E-state index contributed by atoms with van der Waals surface area (Å²) in [6, 6.07) is 15.3. The van der Waals surface area contributed by atoms with Gasteiger partial charge in [0, 0.05) is 13.0 Å². The number of aliphatic carboxylic acids is 1. The third kappa shape index (κ3) is 4.44. The lowest BCUT2D eigenvalue weighted by Gasteiger charge is -2.29. The molecular formula is C25H28N2O5S. The first-order valence-electron chi connectivity index (χ1n) is 11.0. The number of benzene rings is 2. The van der Waals surface area contributed by atoms with E-state index in [4.69, 9.17) is 4.74 Å². The molecule has 2 aromatic carbocycles. The molecule has 2 amide bonds. The van der Waals surface area contributed by atoms with E-state index in [2.05, 4.69) is 17.4 Å². The summed E-state index contributed by atoms with van der Waals surface area (Å²) in [6.07, 6.45) is 2.47. The van der Waals surface area contributed by atoms with E-state index in [1.165, 1.54) is 11.9 Å². The zero-order chi connectivity index (χ0) is 23.6. The minimum Gasteiger partial charge on any atom is -0.479 e. The van der Waals surface area contributed by atoms with E-state index in [1.54, 1.807) is 11.8 Å². The van der Waals surface area contributed by atoms with Crippen LogP contribution in [-0.4, -0.2) is 65.2 Å². The van der Waals surface area contributed by atoms with E-state index >= 15 is 0 Å². The predicted octanol–water partition coefficient (Wildman–Crippen LogP) is 3.72. The van der Waals surface area contributed by atoms with Gasteiger partial charge in [-0.15, -0.1) is 0 Å². The normalized spacial score (nSPS) is 16.3. The van der Waals surface area contributed by atoms with Gasteiger partial charge in [0.15, 0.2) is 0 Å². The Morgan fingerprint density at radius 2 is 1.70 bits per heavy atom. The number of hydrogen-bond donors (Lipinski definition) is 2. The summed E-state index contributed by atoms with van der Waals surface area (Å²) in [5.41, 5.74) is 3.34. The molecule has 0 aliphatic heterocycles. The Balaban J connectivity index is 1.43. The average Bonchev–Trinajstić information content (AvgIpc) is 3.58. The Bertz CT molecular complexity index is 1020. The molecule has 2 N–H and O–H groups in total. The largest absolute Gasteiger partial charge is 0.479 e. The highest BCUT2D eigenvalue weighted by Crippen LogP contribution is 2.44. The maximum absolute atomic E-state index is 13.0. The Kier molecular flexibility index (Phi) is 6.65. The molecule has 0 radical (unpaired) electrons. The predicted molar refractivity (Wildman–Crippen MR) is 127 cm³/mol. The number of nitrogens with one attached hydrogen (secondary N) is 1. The molecule has 1 unspecified atom stereocenters. The highest BCUT2D eigenvalue weighted by atomic mass is 32.2. The van der Waals surface area contributed by atoms with Crippen molar-refractivity contribution in [2.45, 2.75) is 36.8 Å². The molecule has 0 heterocycles. The van der Waals surface area contributed by atoms with E-state index in [0.717, 1.165) is 22.3 Å². The Hall–Kier alpha value is -3.00. The smallest absolute Gasteiger partial charge is 0.407 e. The minimum absolute atomic E-state index is 0.0760. The van der Waals surface area contributed by atoms with Crippen LogP contribution in [0.25, 0.3) is 11.1 Å². The van der Waals surface area contributed by atoms with E-state index < -0.39 is 29.6 Å². The van der Waals surface area contributed by atoms with Crippen molar-refractivity contribution in [1.29, 1.82) is 0 Å². The van der Waals surface area contributed by atoms with Crippen LogP contribution in [0.5, 0.6) is 0 Å². The number of nitrogens with zero attached hydrogens (tertiary/aromatic N) is 1. The Morgan fingerprint density at radius 1 is 1.12 bits per heavy atom. The number of carbonyl (C=O) groups excluding carboxylic acids is 2. The van der Waals surface area contributed by atoms with Crippen LogP contribution in [0.2, 0.25) is 0 Å². The molecule has 2 aliphatic rings. The fourth-order valence-electron chi connectivity index (χ4n) is 4.53. The fourth-order valence-corrected chi connectivity index (χ4v) is 5.00. The number of hydrogen-bond acceptors (Lipinski definition) is 5. The second-order valence-corrected chi connectivity index (χ2v) is 9.52. The summed E-state index contributed by atoms with van der Waals surface area (Å²) in [5.74, 6) is -0.845. The SMILES string of the molecule is CSCCC(NC(=O)OCC1c2ccccc2-c2ccccc21)C(=O)N(C)C1(C(=O)O)CC1. The quantitative estimate of drug-likeness (QED) is 0.582. The van der Waals surface area contributed by atoms with E-state index in [-0.39, 0.29) is 12.5 Å². The standard InChI is InChI=1S/C25H28N2O5S/c1-27(25(12-13-25)23(29)30)22(28)21(11-14-33-2)26-24(31)32-15-20-18-9-5-3-7-16(18)17-8-4-6-10-19(17)20/h3-10,20-21H,11-15H2,1-2H3,(H,26,31)(H,29,30). The molecule has 2 aromatic rings. The molecule has 174 valence electrons. The molecule has 1 atom stereocenters. The van der Waals surface area contributed by atoms with Crippen molar-refractivity contribution in [2.75, 3.05) is 25.7 Å². The summed E-state index contributed by atoms with van der Waals surface area (Å²) in [7, 11) is 1.49. The molecule has 8 heteroatoms. The maximum Gasteiger partial charge on any atom is 0.407 e. The van der Waals surface area contributed by atoms with Crippen LogP contribution in [-0.2, 0) is 14.3 Å². The second kappa shape index (κ2) is 9.47. The van der Waals surface area contributed by atoms with Gasteiger partial charge in [-0.3, -0.25) is 4.79 Å². The molecular weight excluding hydrogens is 440 g/mol. The van der Waals surface area contributed by atoms with E-state index in [9.17, 15) is 19.5 Å². The summed E-state index contributed by atoms with van der Waals surface area (Å²) < 4.78 is 5.58. The van der Waals surface area contributed by atoms with Gasteiger partial charge in [-0.2, -0.15) is 11.8 Å². The number of carboxylic acids is 1. The first-order valence-corrected chi connectivity index (χ1v) is 12.4. The van der Waals surface area contributed by atoms with Gasteiger partial charge < -0.3 is 20.1 Å². The Labute approximate surface area is 197 Å². The second-order valence-electron chi connectivity index (χ2n) is 8.54. The van der Waals surface area contributed by atoms with Crippen LogP contribution < -0.4 is 5.32 Å². The maximum atomic E-state index is 13.0. The molecule has 0 saturated heterocycles. The van der Waals surface area contributed by atoms with Crippen molar-refractivity contribution in [3.05, 3.63) is 59.7 Å². The van der Waals surface area contributed by atoms with Gasteiger partial charge in [-0.25, -0.2) is 9.59 Å². The average molecular weight is 469 g/mol. The third-order valence-electron chi connectivity index (χ3n) is 6.64. The number of rotatable bonds is 9. The molecule has 0 aromatic heterocycles. The first kappa shape index (κ1) is 23.2. The van der Waals surface area contributed by atoms with Crippen molar-refractivity contribution in [3.8, 4) is 11.1 Å². The summed E-state index contributed by atoms with van der Waals surface area (Å²) in [6.45, 7) is 0.151. The van der Waals surface area contributed by atoms with Gasteiger partial charge in [-0.05, 0) is 53.5 Å². The number of ether oxygens (including phenoxy) is 1. The number of carbonyl (C=O) groups is 3. The topological polar surface area (TPSA) is 95.9 Å². The lowest BCUT2D eigenvalue weighted by Crippen LogP contribution is -2.53. The lowest BCUT2D eigenvalue weighted by molar-refractivity contribution is -0.151. The van der Waals surface area contributed by atoms with Gasteiger partial charge in [0.1, 0.15) is 18.2 Å². The highest BCUT2D eigenvalue weighted by Gasteiger charge is 2.56. The van der Waals surface area contributed by atoms with Crippen LogP contribution in [0.1, 0.15) is 36.3 Å². The van der Waals surface area contributed by atoms with E-state index in [0.29, 0.717) is 25.0 Å². The molecule has 1 fully saturated rings. The van der Waals surface area contributed by atoms with Crippen LogP contribution in [0.15, 0.2) is 48.5 Å². The number of thioether (sulfide) groups is 1. The third-order valence-corrected chi connectivity index (χ3v) is 7.28. The minimum atomic E-state index is -1.16. The number of amides is 2. The number of fused-ring (bicyclic) bond motifs is 3. The Morgan fingerprint density at radius 3 is 2.21 bits per heavy atom. The summed E-state index contributed by atoms with van der Waals surface area (Å²) >= 11 is 1.55. The van der Waals surface area contributed by atoms with Gasteiger partial charge in [-0.1, -0.05) is 48.5 Å². The number of likely N-dealkylation sites (N-methyl/N-ethyl adjacent to an activating group) is 1. The van der Waals surface area contributed by atoms with Crippen LogP contribution in [0.3, 0.4) is 0 Å². The van der Waals surface area contributed by atoms with Crippen LogP contribution in [0.4, 0.5) is 4.79 Å². The zero-order valence-electron chi connectivity index (χ0n) is 18.7. The summed E-state index contributed by atoms with van der Waals surface area (Å²) in [5, 5.41) is 12.2. The van der Waals surface area contributed by atoms with Crippen molar-refractivity contribution < 1.29 is 24.2 Å². The lowest BCUT2D eigenvalue weighted by atomic mass is 9.98. The fraction of sp³-hybridized carbons (Fsp3) is 0.400. The van der Waals surface area contributed by atoms with Gasteiger partial charge in [0.05, 0.1) is 0 Å². The molecule has 33 heavy (non-hydrogen) atoms. The van der Waals surface area contributed by atoms with Gasteiger partial charge in [0.2, 0.25) is 5.91 Å². The van der Waals surface area contributed by atoms with Gasteiger partial charge in [0.25, 0.3) is 0 Å². The van der Waals surface area contributed by atoms with Crippen LogP contribution >= 0.6 is 11.8 Å². The molecule has 0 bridgehead atoms. The van der Waals surface area contributed by atoms with Gasteiger partial charge >= 0.3 is 12.1 Å². The molecule has 7 nitrogen and oxygen atoms in total. The van der Waals surface area contributed by atoms with Crippen molar-refractivity contribution >= 4 is 29.7 Å². The van der Waals surface area contributed by atoms with Crippen molar-refractivity contribution in [3.63, 3.8) is 0 Å². The van der Waals surface area contributed by atoms with Crippen LogP contribution in [0, 0.1) is 0 Å². The van der Waals surface area contributed by atoms with Crippen molar-refractivity contribution in [2.24, 2.45) is 0 Å². The number of carboxylic acid groups (broad SMARTS) is 1. The molecule has 1 saturated carbocycles. The monoisotopic (exact) mass is 468 g/mol. The highest BCUT2D eigenvalue weighted by molar-refractivity contribution is 7.98. The number of alkyl carbamates (subject to hydrolysis) is 1.